The zero-order valence-electron chi connectivity index (χ0n) is 16.3. The third-order valence-electron chi connectivity index (χ3n) is 4.54. The average Bonchev–Trinajstić information content (AvgIpc) is 2.75. The van der Waals surface area contributed by atoms with E-state index in [0.717, 1.165) is 22.8 Å². The van der Waals surface area contributed by atoms with Gasteiger partial charge in [-0.05, 0) is 24.1 Å². The Labute approximate surface area is 168 Å². The Balaban J connectivity index is 2.10. The molecular weight excluding hydrogens is 384 g/mol. The van der Waals surface area contributed by atoms with Crippen LogP contribution in [0.4, 0.5) is 4.79 Å². The van der Waals surface area contributed by atoms with E-state index in [1.165, 1.54) is 14.2 Å². The number of carbonyl (C=O) groups is 3. The topological polar surface area (TPSA) is 94.2 Å². The van der Waals surface area contributed by atoms with E-state index in [9.17, 15) is 14.4 Å². The van der Waals surface area contributed by atoms with Crippen LogP contribution in [0.3, 0.4) is 0 Å². The number of ether oxygens (including phenoxy) is 3. The van der Waals surface area contributed by atoms with Crippen LogP contribution in [0.25, 0.3) is 0 Å². The van der Waals surface area contributed by atoms with Gasteiger partial charge in [0.1, 0.15) is 11.8 Å². The van der Waals surface area contributed by atoms with Gasteiger partial charge in [-0.25, -0.2) is 9.59 Å². The molecule has 0 bridgehead atoms. The monoisotopic (exact) mass is 410 g/mol. The summed E-state index contributed by atoms with van der Waals surface area (Å²) in [5.41, 5.74) is 0.993. The second-order valence-corrected chi connectivity index (χ2v) is 7.35. The first-order valence-electron chi connectivity index (χ1n) is 8.93. The van der Waals surface area contributed by atoms with Gasteiger partial charge in [0.2, 0.25) is 0 Å². The van der Waals surface area contributed by atoms with Crippen molar-refractivity contribution in [2.45, 2.75) is 24.9 Å². The SMILES string of the molecule is COC(=O)CC[C@H](NC(=O)N1CCSC[C@H]1c1ccc(OC)cc1)C(=O)OC. The molecule has 1 aliphatic heterocycles. The van der Waals surface area contributed by atoms with Crippen molar-refractivity contribution in [3.63, 3.8) is 0 Å². The predicted octanol–water partition coefficient (Wildman–Crippen LogP) is 1.99. The van der Waals surface area contributed by atoms with Crippen molar-refractivity contribution >= 4 is 29.7 Å². The lowest BCUT2D eigenvalue weighted by molar-refractivity contribution is -0.144. The molecule has 1 heterocycles. The maximum absolute atomic E-state index is 12.9. The van der Waals surface area contributed by atoms with Crippen molar-refractivity contribution in [2.75, 3.05) is 39.4 Å². The summed E-state index contributed by atoms with van der Waals surface area (Å²) in [6, 6.07) is 6.19. The molecule has 1 aromatic rings. The van der Waals surface area contributed by atoms with Crippen molar-refractivity contribution in [1.29, 1.82) is 0 Å². The number of nitrogens with one attached hydrogen (secondary N) is 1. The lowest BCUT2D eigenvalue weighted by atomic mass is 10.1. The molecule has 2 rings (SSSR count). The van der Waals surface area contributed by atoms with Gasteiger partial charge in [-0.3, -0.25) is 4.79 Å². The summed E-state index contributed by atoms with van der Waals surface area (Å²) in [5.74, 6) is 1.27. The fourth-order valence-corrected chi connectivity index (χ4v) is 4.02. The van der Waals surface area contributed by atoms with E-state index in [4.69, 9.17) is 9.47 Å². The molecule has 1 aliphatic rings. The molecule has 1 N–H and O–H groups in total. The highest BCUT2D eigenvalue weighted by Crippen LogP contribution is 2.30. The Bertz CT molecular complexity index is 682. The Morgan fingerprint density at radius 1 is 1.18 bits per heavy atom. The van der Waals surface area contributed by atoms with E-state index in [2.05, 4.69) is 10.1 Å². The summed E-state index contributed by atoms with van der Waals surface area (Å²) in [6.07, 6.45) is 0.120. The lowest BCUT2D eigenvalue weighted by Gasteiger charge is -2.36. The number of urea groups is 1. The number of carbonyl (C=O) groups excluding carboxylic acids is 3. The molecule has 0 aliphatic carbocycles. The summed E-state index contributed by atoms with van der Waals surface area (Å²) < 4.78 is 14.6. The van der Waals surface area contributed by atoms with Crippen molar-refractivity contribution in [2.24, 2.45) is 0 Å². The number of methoxy groups -OCH3 is 3. The molecule has 9 heteroatoms. The van der Waals surface area contributed by atoms with Crippen LogP contribution in [0.2, 0.25) is 0 Å². The minimum Gasteiger partial charge on any atom is -0.497 e. The fourth-order valence-electron chi connectivity index (χ4n) is 2.94. The van der Waals surface area contributed by atoms with Crippen molar-refractivity contribution in [3.05, 3.63) is 29.8 Å². The molecule has 1 fully saturated rings. The molecular formula is C19H26N2O6S. The highest BCUT2D eigenvalue weighted by Gasteiger charge is 2.31. The van der Waals surface area contributed by atoms with E-state index < -0.39 is 18.0 Å². The molecule has 2 atom stereocenters. The number of hydrogen-bond acceptors (Lipinski definition) is 7. The molecule has 0 spiro atoms. The standard InChI is InChI=1S/C19H26N2O6S/c1-25-14-6-4-13(5-7-14)16-12-28-11-10-21(16)19(24)20-15(18(23)27-3)8-9-17(22)26-2/h4-7,15-16H,8-12H2,1-3H3,(H,20,24)/t15-,16-/m0/s1. The number of hydrogen-bond donors (Lipinski definition) is 1. The molecule has 8 nitrogen and oxygen atoms in total. The molecule has 0 radical (unpaired) electrons. The fraction of sp³-hybridized carbons (Fsp3) is 0.526. The second kappa shape index (κ2) is 10.8. The van der Waals surface area contributed by atoms with Crippen LogP contribution >= 0.6 is 11.8 Å². The molecule has 0 aromatic heterocycles. The number of rotatable bonds is 7. The number of thioether (sulfide) groups is 1. The molecule has 154 valence electrons. The minimum atomic E-state index is -0.914. The van der Waals surface area contributed by atoms with Crippen LogP contribution < -0.4 is 10.1 Å². The Hall–Kier alpha value is -2.42. The summed E-state index contributed by atoms with van der Waals surface area (Å²) in [7, 11) is 4.13. The normalized spacial score (nSPS) is 17.4. The Morgan fingerprint density at radius 3 is 2.50 bits per heavy atom. The second-order valence-electron chi connectivity index (χ2n) is 6.20. The third kappa shape index (κ3) is 5.79. The summed E-state index contributed by atoms with van der Waals surface area (Å²) in [5, 5.41) is 2.71. The zero-order valence-corrected chi connectivity index (χ0v) is 17.1. The predicted molar refractivity (Wildman–Crippen MR) is 105 cm³/mol. The van der Waals surface area contributed by atoms with Gasteiger partial charge in [0.05, 0.1) is 27.4 Å². The van der Waals surface area contributed by atoms with Crippen LogP contribution in [0.1, 0.15) is 24.4 Å². The van der Waals surface area contributed by atoms with Crippen LogP contribution in [-0.2, 0) is 19.1 Å². The largest absolute Gasteiger partial charge is 0.497 e. The first-order chi connectivity index (χ1) is 13.5. The van der Waals surface area contributed by atoms with E-state index in [1.807, 2.05) is 24.3 Å². The van der Waals surface area contributed by atoms with Crippen LogP contribution in [0, 0.1) is 0 Å². The molecule has 0 saturated carbocycles. The van der Waals surface area contributed by atoms with Gasteiger partial charge in [0.15, 0.2) is 0 Å². The molecule has 0 unspecified atom stereocenters. The lowest BCUT2D eigenvalue weighted by Crippen LogP contribution is -2.51. The molecule has 28 heavy (non-hydrogen) atoms. The van der Waals surface area contributed by atoms with Crippen molar-refractivity contribution in [3.8, 4) is 5.75 Å². The van der Waals surface area contributed by atoms with Gasteiger partial charge in [0.25, 0.3) is 0 Å². The maximum atomic E-state index is 12.9. The quantitative estimate of drug-likeness (QED) is 0.687. The van der Waals surface area contributed by atoms with Gasteiger partial charge < -0.3 is 24.4 Å². The van der Waals surface area contributed by atoms with Crippen molar-refractivity contribution in [1.82, 2.24) is 10.2 Å². The minimum absolute atomic E-state index is 0.00824. The average molecular weight is 410 g/mol. The first kappa shape index (κ1) is 21.9. The highest BCUT2D eigenvalue weighted by atomic mass is 32.2. The molecule has 1 aromatic carbocycles. The van der Waals surface area contributed by atoms with E-state index in [0.29, 0.717) is 6.54 Å². The Morgan fingerprint density at radius 2 is 1.89 bits per heavy atom. The Kier molecular flexibility index (Phi) is 8.43. The molecule has 1 saturated heterocycles. The van der Waals surface area contributed by atoms with Gasteiger partial charge in [0, 0.05) is 24.5 Å². The van der Waals surface area contributed by atoms with Gasteiger partial charge in [-0.1, -0.05) is 12.1 Å². The summed E-state index contributed by atoms with van der Waals surface area (Å²) in [4.78, 5) is 38.0. The van der Waals surface area contributed by atoms with Crippen LogP contribution in [0.15, 0.2) is 24.3 Å². The third-order valence-corrected chi connectivity index (χ3v) is 5.56. The van der Waals surface area contributed by atoms with Gasteiger partial charge in [-0.2, -0.15) is 11.8 Å². The van der Waals surface area contributed by atoms with Crippen molar-refractivity contribution < 1.29 is 28.6 Å². The van der Waals surface area contributed by atoms with E-state index in [-0.39, 0.29) is 24.9 Å². The van der Waals surface area contributed by atoms with Crippen LogP contribution in [-0.4, -0.2) is 68.3 Å². The van der Waals surface area contributed by atoms with E-state index in [1.54, 1.807) is 23.8 Å². The first-order valence-corrected chi connectivity index (χ1v) is 10.1. The number of esters is 2. The summed E-state index contributed by atoms with van der Waals surface area (Å²) in [6.45, 7) is 0.554. The van der Waals surface area contributed by atoms with Gasteiger partial charge >= 0.3 is 18.0 Å². The summed E-state index contributed by atoms with van der Waals surface area (Å²) >= 11 is 1.77. The van der Waals surface area contributed by atoms with Gasteiger partial charge in [-0.15, -0.1) is 0 Å². The number of benzene rings is 1. The van der Waals surface area contributed by atoms with E-state index >= 15 is 0 Å². The zero-order chi connectivity index (χ0) is 20.5. The number of nitrogens with zero attached hydrogens (tertiary/aromatic N) is 1. The highest BCUT2D eigenvalue weighted by molar-refractivity contribution is 7.99. The smallest absolute Gasteiger partial charge is 0.328 e. The number of amides is 2. The molecule has 2 amide bonds. The maximum Gasteiger partial charge on any atom is 0.328 e. The van der Waals surface area contributed by atoms with Crippen LogP contribution in [0.5, 0.6) is 5.75 Å².